The number of carbonyl (C=O) groups excluding carboxylic acids is 3. The Morgan fingerprint density at radius 2 is 1.68 bits per heavy atom. The van der Waals surface area contributed by atoms with E-state index in [-0.39, 0.29) is 42.4 Å². The molecule has 0 fully saturated rings. The lowest BCUT2D eigenvalue weighted by atomic mass is 9.94. The van der Waals surface area contributed by atoms with Crippen LogP contribution in [0.5, 0.6) is 5.75 Å². The first-order valence-electron chi connectivity index (χ1n) is 13.0. The van der Waals surface area contributed by atoms with Crippen molar-refractivity contribution in [3.8, 4) is 5.75 Å². The number of nitrogens with one attached hydrogen (secondary N) is 2. The number of fused-ring (bicyclic) bond motifs is 1. The number of carbonyl (C=O) groups is 3. The van der Waals surface area contributed by atoms with E-state index in [2.05, 4.69) is 15.6 Å². The zero-order valence-electron chi connectivity index (χ0n) is 22.4. The van der Waals surface area contributed by atoms with Gasteiger partial charge in [0.1, 0.15) is 17.0 Å². The number of rotatable bonds is 10. The molecule has 9 heteroatoms. The standard InChI is InChI=1S/C29H35N5O4/c1-5-15-34-27(36)25-24(26(35)30-16-22-11-13-23(14-12-22)38-20(2)3)32-19-33(25)18-29(34,4)28(37)31-17-21-9-7-6-8-10-21/h6-14,19-20H,5,15-18H2,1-4H3,(H,30,35)(H,31,37)/t29-/m1/s1. The lowest BCUT2D eigenvalue weighted by molar-refractivity contribution is -0.133. The van der Waals surface area contributed by atoms with Gasteiger partial charge in [-0.1, -0.05) is 49.4 Å². The van der Waals surface area contributed by atoms with Crippen LogP contribution < -0.4 is 15.4 Å². The van der Waals surface area contributed by atoms with Crippen LogP contribution in [-0.4, -0.2) is 50.4 Å². The summed E-state index contributed by atoms with van der Waals surface area (Å²) in [5, 5.41) is 5.83. The summed E-state index contributed by atoms with van der Waals surface area (Å²) in [6.45, 7) is 8.85. The molecule has 1 aliphatic rings. The Labute approximate surface area is 223 Å². The maximum Gasteiger partial charge on any atom is 0.273 e. The van der Waals surface area contributed by atoms with Gasteiger partial charge >= 0.3 is 0 Å². The van der Waals surface area contributed by atoms with Crippen LogP contribution in [0.4, 0.5) is 0 Å². The predicted molar refractivity (Wildman–Crippen MR) is 144 cm³/mol. The minimum atomic E-state index is -1.12. The number of amides is 3. The third kappa shape index (κ3) is 5.72. The molecule has 0 radical (unpaired) electrons. The van der Waals surface area contributed by atoms with Crippen LogP contribution in [-0.2, 0) is 24.4 Å². The molecule has 0 saturated carbocycles. The first kappa shape index (κ1) is 26.9. The van der Waals surface area contributed by atoms with E-state index in [9.17, 15) is 14.4 Å². The fourth-order valence-electron chi connectivity index (χ4n) is 4.62. The Morgan fingerprint density at radius 1 is 1.03 bits per heavy atom. The Hall–Kier alpha value is -4.14. The second-order valence-electron chi connectivity index (χ2n) is 9.96. The van der Waals surface area contributed by atoms with Gasteiger partial charge in [0.25, 0.3) is 11.8 Å². The number of nitrogens with zero attached hydrogens (tertiary/aromatic N) is 3. The Kier molecular flexibility index (Phi) is 8.14. The van der Waals surface area contributed by atoms with Crippen LogP contribution in [0.2, 0.25) is 0 Å². The molecule has 2 aromatic carbocycles. The second-order valence-corrected chi connectivity index (χ2v) is 9.96. The molecule has 0 saturated heterocycles. The molecule has 0 aliphatic carbocycles. The smallest absolute Gasteiger partial charge is 0.273 e. The third-order valence-electron chi connectivity index (χ3n) is 6.55. The van der Waals surface area contributed by atoms with Gasteiger partial charge in [0, 0.05) is 19.6 Å². The number of benzene rings is 2. The van der Waals surface area contributed by atoms with Crippen LogP contribution in [0.3, 0.4) is 0 Å². The molecule has 0 bridgehead atoms. The van der Waals surface area contributed by atoms with Crippen molar-refractivity contribution in [3.05, 3.63) is 83.4 Å². The Bertz CT molecular complexity index is 1290. The van der Waals surface area contributed by atoms with Crippen LogP contribution in [0.15, 0.2) is 60.9 Å². The molecule has 38 heavy (non-hydrogen) atoms. The minimum absolute atomic E-state index is 0.0580. The van der Waals surface area contributed by atoms with Crippen LogP contribution >= 0.6 is 0 Å². The van der Waals surface area contributed by atoms with Crippen molar-refractivity contribution in [2.75, 3.05) is 6.54 Å². The van der Waals surface area contributed by atoms with Gasteiger partial charge in [-0.15, -0.1) is 0 Å². The topological polar surface area (TPSA) is 106 Å². The van der Waals surface area contributed by atoms with Gasteiger partial charge in [-0.05, 0) is 50.5 Å². The first-order chi connectivity index (χ1) is 18.2. The highest BCUT2D eigenvalue weighted by Crippen LogP contribution is 2.29. The summed E-state index contributed by atoms with van der Waals surface area (Å²) in [4.78, 5) is 46.0. The van der Waals surface area contributed by atoms with Crippen molar-refractivity contribution in [2.24, 2.45) is 0 Å². The maximum atomic E-state index is 13.7. The minimum Gasteiger partial charge on any atom is -0.491 e. The fourth-order valence-corrected chi connectivity index (χ4v) is 4.62. The summed E-state index contributed by atoms with van der Waals surface area (Å²) in [6.07, 6.45) is 2.21. The van der Waals surface area contributed by atoms with Gasteiger partial charge in [0.05, 0.1) is 19.0 Å². The third-order valence-corrected chi connectivity index (χ3v) is 6.55. The van der Waals surface area contributed by atoms with E-state index in [0.717, 1.165) is 16.9 Å². The summed E-state index contributed by atoms with van der Waals surface area (Å²) in [5.74, 6) is -0.314. The molecule has 0 spiro atoms. The summed E-state index contributed by atoms with van der Waals surface area (Å²) in [7, 11) is 0. The largest absolute Gasteiger partial charge is 0.491 e. The number of aromatic nitrogens is 2. The van der Waals surface area contributed by atoms with E-state index >= 15 is 0 Å². The van der Waals surface area contributed by atoms with Crippen molar-refractivity contribution in [1.82, 2.24) is 25.1 Å². The molecule has 3 aromatic rings. The van der Waals surface area contributed by atoms with Crippen molar-refractivity contribution >= 4 is 17.7 Å². The molecule has 1 aliphatic heterocycles. The molecule has 1 aromatic heterocycles. The van der Waals surface area contributed by atoms with E-state index in [1.165, 1.54) is 6.33 Å². The van der Waals surface area contributed by atoms with Gasteiger partial charge < -0.3 is 24.8 Å². The van der Waals surface area contributed by atoms with E-state index in [1.807, 2.05) is 75.4 Å². The number of ether oxygens (including phenoxy) is 1. The zero-order valence-corrected chi connectivity index (χ0v) is 22.4. The average molecular weight is 518 g/mol. The monoisotopic (exact) mass is 517 g/mol. The molecule has 200 valence electrons. The molecule has 3 amide bonds. The van der Waals surface area contributed by atoms with Gasteiger partial charge in [-0.3, -0.25) is 14.4 Å². The van der Waals surface area contributed by atoms with Crippen molar-refractivity contribution < 1.29 is 19.1 Å². The summed E-state index contributed by atoms with van der Waals surface area (Å²) >= 11 is 0. The molecule has 9 nitrogen and oxygen atoms in total. The normalized spacial score (nSPS) is 16.8. The van der Waals surface area contributed by atoms with Gasteiger partial charge in [0.2, 0.25) is 5.91 Å². The van der Waals surface area contributed by atoms with E-state index in [0.29, 0.717) is 19.5 Å². The van der Waals surface area contributed by atoms with Gasteiger partial charge in [0.15, 0.2) is 5.69 Å². The number of hydrogen-bond acceptors (Lipinski definition) is 5. The van der Waals surface area contributed by atoms with Gasteiger partial charge in [-0.2, -0.15) is 0 Å². The lowest BCUT2D eigenvalue weighted by Crippen LogP contribution is -2.64. The molecule has 0 unspecified atom stereocenters. The van der Waals surface area contributed by atoms with E-state index in [4.69, 9.17) is 4.74 Å². The van der Waals surface area contributed by atoms with E-state index in [1.54, 1.807) is 16.4 Å². The molecular formula is C29H35N5O4. The van der Waals surface area contributed by atoms with Crippen molar-refractivity contribution in [3.63, 3.8) is 0 Å². The lowest BCUT2D eigenvalue weighted by Gasteiger charge is -2.43. The summed E-state index contributed by atoms with van der Waals surface area (Å²) in [6, 6.07) is 17.1. The maximum absolute atomic E-state index is 13.7. The SMILES string of the molecule is CCCN1C(=O)c2c(C(=O)NCc3ccc(OC(C)C)cc3)ncn2C[C@]1(C)C(=O)NCc1ccccc1. The highest BCUT2D eigenvalue weighted by molar-refractivity contribution is 6.07. The number of imidazole rings is 1. The van der Waals surface area contributed by atoms with E-state index < -0.39 is 11.4 Å². The number of hydrogen-bond donors (Lipinski definition) is 2. The average Bonchev–Trinajstić information content (AvgIpc) is 3.33. The Balaban J connectivity index is 1.49. The second kappa shape index (κ2) is 11.5. The quantitative estimate of drug-likeness (QED) is 0.428. The van der Waals surface area contributed by atoms with Crippen LogP contribution in [0.25, 0.3) is 0 Å². The van der Waals surface area contributed by atoms with Crippen LogP contribution in [0.1, 0.15) is 66.2 Å². The van der Waals surface area contributed by atoms with Crippen LogP contribution in [0, 0.1) is 0 Å². The summed E-state index contributed by atoms with van der Waals surface area (Å²) in [5.41, 5.74) is 0.998. The Morgan fingerprint density at radius 3 is 2.34 bits per heavy atom. The molecule has 4 rings (SSSR count). The zero-order chi connectivity index (χ0) is 27.3. The highest BCUT2D eigenvalue weighted by Gasteiger charge is 2.48. The van der Waals surface area contributed by atoms with Crippen molar-refractivity contribution in [2.45, 2.75) is 65.4 Å². The molecule has 2 N–H and O–H groups in total. The molecule has 2 heterocycles. The molecular weight excluding hydrogens is 482 g/mol. The summed E-state index contributed by atoms with van der Waals surface area (Å²) < 4.78 is 7.27. The molecule has 1 atom stereocenters. The predicted octanol–water partition coefficient (Wildman–Crippen LogP) is 3.54. The highest BCUT2D eigenvalue weighted by atomic mass is 16.5. The van der Waals surface area contributed by atoms with Gasteiger partial charge in [-0.25, -0.2) is 4.98 Å². The fraction of sp³-hybridized carbons (Fsp3) is 0.379. The first-order valence-corrected chi connectivity index (χ1v) is 13.0. The van der Waals surface area contributed by atoms with Crippen molar-refractivity contribution in [1.29, 1.82) is 0 Å².